The number of rotatable bonds is 4. The number of carbonyl (C=O) groups excluding carboxylic acids is 1. The van der Waals surface area contributed by atoms with E-state index in [1.165, 1.54) is 44.9 Å². The first-order valence-electron chi connectivity index (χ1n) is 10.2. The second-order valence-electron chi connectivity index (χ2n) is 7.99. The zero-order valence-electron chi connectivity index (χ0n) is 15.2. The van der Waals surface area contributed by atoms with Crippen LogP contribution in [-0.2, 0) is 11.2 Å². The van der Waals surface area contributed by atoms with Gasteiger partial charge in [-0.1, -0.05) is 12.8 Å². The molecule has 1 unspecified atom stereocenters. The van der Waals surface area contributed by atoms with E-state index in [0.29, 0.717) is 12.3 Å². The second kappa shape index (κ2) is 7.71. The number of carbonyl (C=O) groups is 1. The van der Waals surface area contributed by atoms with E-state index in [-0.39, 0.29) is 11.9 Å². The SMILES string of the molecule is O=C(CC1CCCC1)NC1CCCc2nc(N3CCCCC3)ncc21. The Hall–Kier alpha value is -1.65. The molecular weight excluding hydrogens is 312 g/mol. The maximum atomic E-state index is 12.4. The minimum absolute atomic E-state index is 0.105. The van der Waals surface area contributed by atoms with Crippen molar-refractivity contribution >= 4 is 11.9 Å². The average molecular weight is 342 g/mol. The van der Waals surface area contributed by atoms with E-state index in [2.05, 4.69) is 15.2 Å². The molecule has 1 saturated carbocycles. The van der Waals surface area contributed by atoms with Crippen molar-refractivity contribution in [2.75, 3.05) is 18.0 Å². The van der Waals surface area contributed by atoms with Crippen LogP contribution in [0.25, 0.3) is 0 Å². The molecule has 1 atom stereocenters. The molecule has 2 heterocycles. The van der Waals surface area contributed by atoms with Gasteiger partial charge in [0.05, 0.1) is 11.7 Å². The lowest BCUT2D eigenvalue weighted by Gasteiger charge is -2.30. The number of anilines is 1. The maximum absolute atomic E-state index is 12.4. The highest BCUT2D eigenvalue weighted by atomic mass is 16.1. The van der Waals surface area contributed by atoms with Gasteiger partial charge in [0.25, 0.3) is 0 Å². The molecule has 0 aromatic carbocycles. The van der Waals surface area contributed by atoms with Crippen LogP contribution in [0, 0.1) is 5.92 Å². The minimum Gasteiger partial charge on any atom is -0.349 e. The van der Waals surface area contributed by atoms with Crippen molar-refractivity contribution < 1.29 is 4.79 Å². The van der Waals surface area contributed by atoms with Crippen molar-refractivity contribution in [2.24, 2.45) is 5.92 Å². The lowest BCUT2D eigenvalue weighted by Crippen LogP contribution is -2.34. The Morgan fingerprint density at radius 1 is 1.08 bits per heavy atom. The zero-order chi connectivity index (χ0) is 17.1. The topological polar surface area (TPSA) is 58.1 Å². The summed E-state index contributed by atoms with van der Waals surface area (Å²) in [5.74, 6) is 1.70. The third kappa shape index (κ3) is 3.96. The summed E-state index contributed by atoms with van der Waals surface area (Å²) < 4.78 is 0. The first kappa shape index (κ1) is 16.8. The average Bonchev–Trinajstić information content (AvgIpc) is 3.15. The molecule has 0 radical (unpaired) electrons. The van der Waals surface area contributed by atoms with Gasteiger partial charge in [-0.2, -0.15) is 0 Å². The molecule has 2 fully saturated rings. The molecule has 1 saturated heterocycles. The fourth-order valence-corrected chi connectivity index (χ4v) is 4.66. The van der Waals surface area contributed by atoms with Crippen LogP contribution in [-0.4, -0.2) is 29.0 Å². The Kier molecular flexibility index (Phi) is 5.18. The van der Waals surface area contributed by atoms with Gasteiger partial charge in [0, 0.05) is 31.3 Å². The number of aromatic nitrogens is 2. The predicted molar refractivity (Wildman–Crippen MR) is 98.5 cm³/mol. The van der Waals surface area contributed by atoms with Gasteiger partial charge in [-0.25, -0.2) is 9.97 Å². The standard InChI is InChI=1S/C20H30N4O/c25-19(13-15-7-2-3-8-15)22-17-9-6-10-18-16(17)14-21-20(23-18)24-11-4-1-5-12-24/h14-15,17H,1-13H2,(H,22,25). The van der Waals surface area contributed by atoms with Crippen LogP contribution in [0.5, 0.6) is 0 Å². The van der Waals surface area contributed by atoms with Crippen LogP contribution in [0.1, 0.15) is 81.5 Å². The molecule has 2 aliphatic carbocycles. The number of hydrogen-bond acceptors (Lipinski definition) is 4. The number of nitrogens with one attached hydrogen (secondary N) is 1. The van der Waals surface area contributed by atoms with Crippen LogP contribution in [0.4, 0.5) is 5.95 Å². The van der Waals surface area contributed by atoms with E-state index in [4.69, 9.17) is 4.98 Å². The lowest BCUT2D eigenvalue weighted by atomic mass is 9.92. The monoisotopic (exact) mass is 342 g/mol. The van der Waals surface area contributed by atoms with E-state index in [9.17, 15) is 4.79 Å². The highest BCUT2D eigenvalue weighted by molar-refractivity contribution is 5.76. The summed E-state index contributed by atoms with van der Waals surface area (Å²) >= 11 is 0. The predicted octanol–water partition coefficient (Wildman–Crippen LogP) is 3.54. The zero-order valence-corrected chi connectivity index (χ0v) is 15.2. The van der Waals surface area contributed by atoms with Gasteiger partial charge in [-0.05, 0) is 57.3 Å². The van der Waals surface area contributed by atoms with Crippen molar-refractivity contribution in [3.05, 3.63) is 17.5 Å². The summed E-state index contributed by atoms with van der Waals surface area (Å²) in [4.78, 5) is 24.2. The van der Waals surface area contributed by atoms with E-state index in [1.54, 1.807) is 0 Å². The molecule has 4 rings (SSSR count). The first-order valence-corrected chi connectivity index (χ1v) is 10.2. The molecular formula is C20H30N4O. The number of aryl methyl sites for hydroxylation is 1. The van der Waals surface area contributed by atoms with E-state index >= 15 is 0 Å². The van der Waals surface area contributed by atoms with Gasteiger partial charge >= 0.3 is 0 Å². The molecule has 0 spiro atoms. The lowest BCUT2D eigenvalue weighted by molar-refractivity contribution is -0.122. The molecule has 0 bridgehead atoms. The third-order valence-corrected chi connectivity index (χ3v) is 6.09. The van der Waals surface area contributed by atoms with Crippen LogP contribution in [0.2, 0.25) is 0 Å². The summed E-state index contributed by atoms with van der Waals surface area (Å²) in [5, 5.41) is 3.27. The molecule has 5 heteroatoms. The molecule has 3 aliphatic rings. The van der Waals surface area contributed by atoms with Crippen molar-refractivity contribution in [3.63, 3.8) is 0 Å². The van der Waals surface area contributed by atoms with Crippen LogP contribution in [0.3, 0.4) is 0 Å². The Bertz CT molecular complexity index is 606. The van der Waals surface area contributed by atoms with Gasteiger partial charge < -0.3 is 10.2 Å². The van der Waals surface area contributed by atoms with Gasteiger partial charge in [0.2, 0.25) is 11.9 Å². The molecule has 1 aliphatic heterocycles. The number of piperidine rings is 1. The van der Waals surface area contributed by atoms with Crippen molar-refractivity contribution in [1.82, 2.24) is 15.3 Å². The van der Waals surface area contributed by atoms with Gasteiger partial charge in [-0.3, -0.25) is 4.79 Å². The van der Waals surface area contributed by atoms with E-state index in [0.717, 1.165) is 49.6 Å². The summed E-state index contributed by atoms with van der Waals surface area (Å²) in [6.45, 7) is 2.14. The van der Waals surface area contributed by atoms with E-state index < -0.39 is 0 Å². The van der Waals surface area contributed by atoms with Crippen molar-refractivity contribution in [2.45, 2.75) is 76.7 Å². The molecule has 1 aromatic rings. The molecule has 1 amide bonds. The number of hydrogen-bond donors (Lipinski definition) is 1. The Labute approximate surface area is 150 Å². The van der Waals surface area contributed by atoms with E-state index in [1.807, 2.05) is 6.20 Å². The van der Waals surface area contributed by atoms with Crippen molar-refractivity contribution in [1.29, 1.82) is 0 Å². The quantitative estimate of drug-likeness (QED) is 0.909. The Morgan fingerprint density at radius 3 is 2.68 bits per heavy atom. The normalized spacial score (nSPS) is 24.2. The first-order chi connectivity index (χ1) is 12.3. The molecule has 136 valence electrons. The summed E-state index contributed by atoms with van der Waals surface area (Å²) in [6, 6.07) is 0.105. The van der Waals surface area contributed by atoms with Crippen LogP contribution in [0.15, 0.2) is 6.20 Å². The smallest absolute Gasteiger partial charge is 0.225 e. The highest BCUT2D eigenvalue weighted by Gasteiger charge is 2.26. The fraction of sp³-hybridized carbons (Fsp3) is 0.750. The summed E-state index contributed by atoms with van der Waals surface area (Å²) in [7, 11) is 0. The van der Waals surface area contributed by atoms with Gasteiger partial charge in [0.15, 0.2) is 0 Å². The van der Waals surface area contributed by atoms with Crippen LogP contribution < -0.4 is 10.2 Å². The molecule has 25 heavy (non-hydrogen) atoms. The molecule has 1 aromatic heterocycles. The minimum atomic E-state index is 0.105. The Morgan fingerprint density at radius 2 is 1.88 bits per heavy atom. The second-order valence-corrected chi connectivity index (χ2v) is 7.99. The third-order valence-electron chi connectivity index (χ3n) is 6.09. The summed E-state index contributed by atoms with van der Waals surface area (Å²) in [6.07, 6.45) is 14.6. The molecule has 1 N–H and O–H groups in total. The van der Waals surface area contributed by atoms with Crippen LogP contribution >= 0.6 is 0 Å². The maximum Gasteiger partial charge on any atom is 0.225 e. The number of fused-ring (bicyclic) bond motifs is 1. The number of amides is 1. The molecule has 5 nitrogen and oxygen atoms in total. The van der Waals surface area contributed by atoms with Gasteiger partial charge in [-0.15, -0.1) is 0 Å². The summed E-state index contributed by atoms with van der Waals surface area (Å²) in [5.41, 5.74) is 2.29. The van der Waals surface area contributed by atoms with Crippen molar-refractivity contribution in [3.8, 4) is 0 Å². The number of nitrogens with zero attached hydrogens (tertiary/aromatic N) is 3. The fourth-order valence-electron chi connectivity index (χ4n) is 4.66. The largest absolute Gasteiger partial charge is 0.349 e. The Balaban J connectivity index is 1.43. The highest BCUT2D eigenvalue weighted by Crippen LogP contribution is 2.31. The van der Waals surface area contributed by atoms with Gasteiger partial charge in [0.1, 0.15) is 0 Å².